The fourth-order valence-electron chi connectivity index (χ4n) is 2.61. The van der Waals surface area contributed by atoms with Gasteiger partial charge in [0, 0.05) is 23.9 Å². The lowest BCUT2D eigenvalue weighted by atomic mass is 10.1. The molecular weight excluding hydrogens is 342 g/mol. The molecule has 0 fully saturated rings. The number of pyridine rings is 1. The van der Waals surface area contributed by atoms with Crippen LogP contribution in [0.2, 0.25) is 0 Å². The molecule has 0 saturated carbocycles. The topological polar surface area (TPSA) is 81.9 Å². The second kappa shape index (κ2) is 8.27. The Kier molecular flexibility index (Phi) is 5.61. The maximum Gasteiger partial charge on any atom is 0.244 e. The van der Waals surface area contributed by atoms with Gasteiger partial charge in [-0.2, -0.15) is 5.10 Å². The SMILES string of the molecule is COc1cccc(/C(C)=C/C(=O)NCc2ccc(C)nc2-n2cncn2)c1. The Morgan fingerprint density at radius 2 is 2.15 bits per heavy atom. The van der Waals surface area contributed by atoms with Crippen LogP contribution in [-0.4, -0.2) is 32.8 Å². The van der Waals surface area contributed by atoms with Gasteiger partial charge in [-0.15, -0.1) is 0 Å². The monoisotopic (exact) mass is 363 g/mol. The summed E-state index contributed by atoms with van der Waals surface area (Å²) in [6.07, 6.45) is 4.61. The van der Waals surface area contributed by atoms with E-state index in [1.54, 1.807) is 24.2 Å². The molecule has 3 aromatic rings. The van der Waals surface area contributed by atoms with Gasteiger partial charge in [0.15, 0.2) is 5.82 Å². The van der Waals surface area contributed by atoms with E-state index in [0.29, 0.717) is 12.4 Å². The first kappa shape index (κ1) is 18.3. The molecule has 0 spiro atoms. The lowest BCUT2D eigenvalue weighted by Gasteiger charge is -2.10. The summed E-state index contributed by atoms with van der Waals surface area (Å²) in [5.74, 6) is 1.23. The minimum absolute atomic E-state index is 0.180. The summed E-state index contributed by atoms with van der Waals surface area (Å²) in [6.45, 7) is 4.13. The van der Waals surface area contributed by atoms with Gasteiger partial charge in [-0.25, -0.2) is 14.6 Å². The fourth-order valence-corrected chi connectivity index (χ4v) is 2.61. The second-order valence-electron chi connectivity index (χ2n) is 6.05. The Balaban J connectivity index is 1.72. The molecule has 0 unspecified atom stereocenters. The molecule has 0 radical (unpaired) electrons. The normalized spacial score (nSPS) is 11.3. The molecule has 138 valence electrons. The quantitative estimate of drug-likeness (QED) is 0.681. The van der Waals surface area contributed by atoms with E-state index >= 15 is 0 Å². The van der Waals surface area contributed by atoms with E-state index in [-0.39, 0.29) is 5.91 Å². The van der Waals surface area contributed by atoms with Gasteiger partial charge in [0.1, 0.15) is 18.4 Å². The summed E-state index contributed by atoms with van der Waals surface area (Å²) in [5.41, 5.74) is 3.51. The largest absolute Gasteiger partial charge is 0.497 e. The highest BCUT2D eigenvalue weighted by molar-refractivity contribution is 5.94. The van der Waals surface area contributed by atoms with Crippen molar-refractivity contribution in [2.45, 2.75) is 20.4 Å². The number of amides is 1. The number of methoxy groups -OCH3 is 1. The summed E-state index contributed by atoms with van der Waals surface area (Å²) >= 11 is 0. The van der Waals surface area contributed by atoms with Crippen molar-refractivity contribution in [3.63, 3.8) is 0 Å². The number of hydrogen-bond donors (Lipinski definition) is 1. The number of allylic oxidation sites excluding steroid dienone is 1. The number of hydrogen-bond acceptors (Lipinski definition) is 5. The van der Waals surface area contributed by atoms with Crippen LogP contribution in [0.4, 0.5) is 0 Å². The molecule has 27 heavy (non-hydrogen) atoms. The van der Waals surface area contributed by atoms with Crippen LogP contribution < -0.4 is 10.1 Å². The Morgan fingerprint density at radius 3 is 2.89 bits per heavy atom. The molecule has 1 amide bonds. The number of rotatable bonds is 6. The Bertz CT molecular complexity index is 964. The highest BCUT2D eigenvalue weighted by Gasteiger charge is 2.09. The van der Waals surface area contributed by atoms with Crippen molar-refractivity contribution in [1.29, 1.82) is 0 Å². The third kappa shape index (κ3) is 4.58. The molecule has 1 N–H and O–H groups in total. The average molecular weight is 363 g/mol. The first-order chi connectivity index (χ1) is 13.1. The molecule has 0 aliphatic carbocycles. The van der Waals surface area contributed by atoms with Crippen LogP contribution in [0, 0.1) is 6.92 Å². The molecule has 3 rings (SSSR count). The number of benzene rings is 1. The summed E-state index contributed by atoms with van der Waals surface area (Å²) in [5, 5.41) is 7.03. The smallest absolute Gasteiger partial charge is 0.244 e. The van der Waals surface area contributed by atoms with Crippen LogP contribution >= 0.6 is 0 Å². The van der Waals surface area contributed by atoms with E-state index in [1.807, 2.05) is 50.2 Å². The number of nitrogens with zero attached hydrogens (tertiary/aromatic N) is 4. The zero-order valence-corrected chi connectivity index (χ0v) is 15.5. The van der Waals surface area contributed by atoms with Gasteiger partial charge in [0.05, 0.1) is 7.11 Å². The van der Waals surface area contributed by atoms with E-state index in [1.165, 1.54) is 6.33 Å². The van der Waals surface area contributed by atoms with Gasteiger partial charge >= 0.3 is 0 Å². The van der Waals surface area contributed by atoms with Gasteiger partial charge in [-0.1, -0.05) is 18.2 Å². The van der Waals surface area contributed by atoms with E-state index in [9.17, 15) is 4.79 Å². The summed E-state index contributed by atoms with van der Waals surface area (Å²) in [7, 11) is 1.62. The van der Waals surface area contributed by atoms with Crippen LogP contribution in [-0.2, 0) is 11.3 Å². The van der Waals surface area contributed by atoms with E-state index in [2.05, 4.69) is 20.4 Å². The first-order valence-electron chi connectivity index (χ1n) is 8.49. The maximum absolute atomic E-state index is 12.3. The predicted molar refractivity (Wildman–Crippen MR) is 102 cm³/mol. The molecule has 0 atom stereocenters. The molecule has 0 bridgehead atoms. The molecule has 2 aromatic heterocycles. The van der Waals surface area contributed by atoms with Gasteiger partial charge in [-0.05, 0) is 43.2 Å². The van der Waals surface area contributed by atoms with Gasteiger partial charge < -0.3 is 10.1 Å². The number of carbonyl (C=O) groups is 1. The van der Waals surface area contributed by atoms with Crippen LogP contribution in [0.25, 0.3) is 11.4 Å². The third-order valence-electron chi connectivity index (χ3n) is 4.06. The lowest BCUT2D eigenvalue weighted by Crippen LogP contribution is -2.22. The van der Waals surface area contributed by atoms with Crippen molar-refractivity contribution in [1.82, 2.24) is 25.1 Å². The van der Waals surface area contributed by atoms with Crippen molar-refractivity contribution < 1.29 is 9.53 Å². The van der Waals surface area contributed by atoms with Crippen molar-refractivity contribution >= 4 is 11.5 Å². The number of aryl methyl sites for hydroxylation is 1. The Labute approximate surface area is 157 Å². The van der Waals surface area contributed by atoms with Gasteiger partial charge in [-0.3, -0.25) is 4.79 Å². The molecule has 1 aromatic carbocycles. The van der Waals surface area contributed by atoms with Crippen molar-refractivity contribution in [3.8, 4) is 11.6 Å². The van der Waals surface area contributed by atoms with Crippen LogP contribution in [0.15, 0.2) is 55.1 Å². The Hall–Kier alpha value is -3.48. The average Bonchev–Trinajstić information content (AvgIpc) is 3.21. The predicted octanol–water partition coefficient (Wildman–Crippen LogP) is 2.70. The van der Waals surface area contributed by atoms with Crippen molar-refractivity contribution in [3.05, 3.63) is 71.9 Å². The second-order valence-corrected chi connectivity index (χ2v) is 6.05. The molecule has 0 aliphatic heterocycles. The zero-order valence-electron chi connectivity index (χ0n) is 15.5. The van der Waals surface area contributed by atoms with Gasteiger partial charge in [0.25, 0.3) is 0 Å². The minimum atomic E-state index is -0.180. The van der Waals surface area contributed by atoms with E-state index in [4.69, 9.17) is 4.74 Å². The minimum Gasteiger partial charge on any atom is -0.497 e. The highest BCUT2D eigenvalue weighted by Crippen LogP contribution is 2.19. The summed E-state index contributed by atoms with van der Waals surface area (Å²) in [6, 6.07) is 11.4. The first-order valence-corrected chi connectivity index (χ1v) is 8.49. The molecule has 0 aliphatic rings. The van der Waals surface area contributed by atoms with Crippen LogP contribution in [0.1, 0.15) is 23.7 Å². The standard InChI is InChI=1S/C20H21N5O2/c1-14(16-5-4-6-18(10-16)27-3)9-19(26)22-11-17-8-7-15(2)24-20(17)25-13-21-12-23-25/h4-10,12-13H,11H2,1-3H3,(H,22,26)/b14-9+. The molecule has 2 heterocycles. The lowest BCUT2D eigenvalue weighted by molar-refractivity contribution is -0.116. The zero-order chi connectivity index (χ0) is 19.2. The van der Waals surface area contributed by atoms with E-state index < -0.39 is 0 Å². The molecule has 7 nitrogen and oxygen atoms in total. The summed E-state index contributed by atoms with van der Waals surface area (Å²) < 4.78 is 6.81. The summed E-state index contributed by atoms with van der Waals surface area (Å²) in [4.78, 5) is 20.8. The number of aromatic nitrogens is 4. The number of carbonyl (C=O) groups excluding carboxylic acids is 1. The molecule has 7 heteroatoms. The Morgan fingerprint density at radius 1 is 1.30 bits per heavy atom. The molecular formula is C20H21N5O2. The molecule has 0 saturated heterocycles. The van der Waals surface area contributed by atoms with Crippen molar-refractivity contribution in [2.24, 2.45) is 0 Å². The van der Waals surface area contributed by atoms with Gasteiger partial charge in [0.2, 0.25) is 5.91 Å². The fraction of sp³-hybridized carbons (Fsp3) is 0.200. The third-order valence-corrected chi connectivity index (χ3v) is 4.06. The van der Waals surface area contributed by atoms with Crippen LogP contribution in [0.3, 0.4) is 0 Å². The number of ether oxygens (including phenoxy) is 1. The number of nitrogens with one attached hydrogen (secondary N) is 1. The van der Waals surface area contributed by atoms with Crippen LogP contribution in [0.5, 0.6) is 5.75 Å². The maximum atomic E-state index is 12.3. The van der Waals surface area contributed by atoms with Crippen molar-refractivity contribution in [2.75, 3.05) is 7.11 Å². The highest BCUT2D eigenvalue weighted by atomic mass is 16.5. The van der Waals surface area contributed by atoms with E-state index in [0.717, 1.165) is 28.1 Å².